The molecular weight excluding hydrogens is 302 g/mol. The largest absolute Gasteiger partial charge is 0.340 e. The molecule has 2 atom stereocenters. The highest BCUT2D eigenvalue weighted by atomic mass is 16.2. The minimum atomic E-state index is -0.743. The second-order valence-electron chi connectivity index (χ2n) is 8.10. The van der Waals surface area contributed by atoms with E-state index in [1.54, 1.807) is 0 Å². The van der Waals surface area contributed by atoms with Crippen LogP contribution in [0.15, 0.2) is 0 Å². The van der Waals surface area contributed by atoms with Gasteiger partial charge in [0, 0.05) is 24.9 Å². The van der Waals surface area contributed by atoms with Crippen molar-refractivity contribution in [3.63, 3.8) is 0 Å². The molecule has 2 saturated carbocycles. The summed E-state index contributed by atoms with van der Waals surface area (Å²) >= 11 is 0. The molecule has 1 aliphatic heterocycles. The molecule has 1 aromatic heterocycles. The fourth-order valence-corrected chi connectivity index (χ4v) is 4.20. The van der Waals surface area contributed by atoms with Gasteiger partial charge in [0.15, 0.2) is 5.82 Å². The summed E-state index contributed by atoms with van der Waals surface area (Å²) in [6.07, 6.45) is 4.92. The minimum absolute atomic E-state index is 0.0491. The van der Waals surface area contributed by atoms with Gasteiger partial charge in [-0.25, -0.2) is 4.98 Å². The van der Waals surface area contributed by atoms with Gasteiger partial charge in [0.2, 0.25) is 5.91 Å². The smallest absolute Gasteiger partial charge is 0.243 e. The molecule has 2 aliphatic carbocycles. The van der Waals surface area contributed by atoms with E-state index in [-0.39, 0.29) is 11.8 Å². The van der Waals surface area contributed by atoms with Crippen molar-refractivity contribution >= 4 is 5.91 Å². The Hall–Kier alpha value is -1.90. The van der Waals surface area contributed by atoms with Crippen LogP contribution in [-0.2, 0) is 4.79 Å². The molecule has 2 heterocycles. The average Bonchev–Trinajstić information content (AvgIpc) is 3.09. The van der Waals surface area contributed by atoms with Gasteiger partial charge < -0.3 is 4.90 Å². The Kier molecular flexibility index (Phi) is 3.63. The highest BCUT2D eigenvalue weighted by molar-refractivity contribution is 5.86. The monoisotopic (exact) mass is 327 g/mol. The summed E-state index contributed by atoms with van der Waals surface area (Å²) in [6, 6.07) is 2.30. The molecule has 24 heavy (non-hydrogen) atoms. The summed E-state index contributed by atoms with van der Waals surface area (Å²) in [5.41, 5.74) is -0.743. The summed E-state index contributed by atoms with van der Waals surface area (Å²) in [6.45, 7) is 5.62. The van der Waals surface area contributed by atoms with E-state index in [0.29, 0.717) is 24.3 Å². The van der Waals surface area contributed by atoms with Crippen LogP contribution in [0.4, 0.5) is 0 Å². The molecule has 1 saturated heterocycles. The molecule has 0 spiro atoms. The molecule has 0 bridgehead atoms. The number of H-pyrrole nitrogens is 1. The van der Waals surface area contributed by atoms with Crippen LogP contribution in [0.3, 0.4) is 0 Å². The minimum Gasteiger partial charge on any atom is -0.340 e. The number of nitrogens with one attached hydrogen (secondary N) is 1. The van der Waals surface area contributed by atoms with Crippen LogP contribution in [0.5, 0.6) is 0 Å². The van der Waals surface area contributed by atoms with Crippen molar-refractivity contribution in [2.45, 2.75) is 57.8 Å². The standard InChI is InChI=1S/C18H25N5O/c1-11(2)15-20-16(22-21-15)14-9-23(8-13(14)12-4-5-12)17(24)18(10-19)6-3-7-18/h11-14H,3-9H2,1-2H3,(H,20,21,22)/t13-,14+/m1/s1. The number of carbonyl (C=O) groups excluding carboxylic acids is 1. The van der Waals surface area contributed by atoms with Gasteiger partial charge in [-0.1, -0.05) is 13.8 Å². The lowest BCUT2D eigenvalue weighted by Gasteiger charge is -2.36. The number of aromatic amines is 1. The van der Waals surface area contributed by atoms with Crippen molar-refractivity contribution in [3.05, 3.63) is 11.6 Å². The Bertz CT molecular complexity index is 680. The van der Waals surface area contributed by atoms with Crippen molar-refractivity contribution in [1.82, 2.24) is 20.1 Å². The molecule has 4 rings (SSSR count). The van der Waals surface area contributed by atoms with Crippen LogP contribution in [-0.4, -0.2) is 39.1 Å². The molecule has 0 radical (unpaired) electrons. The quantitative estimate of drug-likeness (QED) is 0.921. The second kappa shape index (κ2) is 5.58. The van der Waals surface area contributed by atoms with Crippen LogP contribution in [0, 0.1) is 28.6 Å². The summed E-state index contributed by atoms with van der Waals surface area (Å²) in [4.78, 5) is 19.5. The van der Waals surface area contributed by atoms with Crippen molar-refractivity contribution in [3.8, 4) is 6.07 Å². The molecule has 0 unspecified atom stereocenters. The van der Waals surface area contributed by atoms with Gasteiger partial charge in [-0.3, -0.25) is 9.89 Å². The zero-order valence-electron chi connectivity index (χ0n) is 14.5. The van der Waals surface area contributed by atoms with E-state index < -0.39 is 5.41 Å². The molecule has 1 aromatic rings. The van der Waals surface area contributed by atoms with Gasteiger partial charge in [0.05, 0.1) is 6.07 Å². The van der Waals surface area contributed by atoms with Crippen LogP contribution in [0.1, 0.15) is 69.4 Å². The number of hydrogen-bond donors (Lipinski definition) is 1. The molecule has 3 fully saturated rings. The van der Waals surface area contributed by atoms with Crippen molar-refractivity contribution in [2.24, 2.45) is 17.3 Å². The van der Waals surface area contributed by atoms with E-state index in [9.17, 15) is 10.1 Å². The number of hydrogen-bond acceptors (Lipinski definition) is 4. The lowest BCUT2D eigenvalue weighted by Crippen LogP contribution is -2.46. The zero-order valence-corrected chi connectivity index (χ0v) is 14.5. The molecule has 1 N–H and O–H groups in total. The van der Waals surface area contributed by atoms with Crippen molar-refractivity contribution in [1.29, 1.82) is 5.26 Å². The Morgan fingerprint density at radius 2 is 2.12 bits per heavy atom. The zero-order chi connectivity index (χ0) is 16.9. The fourth-order valence-electron chi connectivity index (χ4n) is 4.20. The summed E-state index contributed by atoms with van der Waals surface area (Å²) in [5.74, 6) is 3.50. The first kappa shape index (κ1) is 15.6. The van der Waals surface area contributed by atoms with E-state index in [2.05, 4.69) is 30.1 Å². The maximum Gasteiger partial charge on any atom is 0.243 e. The highest BCUT2D eigenvalue weighted by Crippen LogP contribution is 2.49. The Balaban J connectivity index is 1.55. The van der Waals surface area contributed by atoms with E-state index in [0.717, 1.165) is 37.5 Å². The maximum atomic E-state index is 12.9. The van der Waals surface area contributed by atoms with Gasteiger partial charge in [0.1, 0.15) is 11.2 Å². The third-order valence-electron chi connectivity index (χ3n) is 6.10. The van der Waals surface area contributed by atoms with Crippen LogP contribution >= 0.6 is 0 Å². The number of carbonyl (C=O) groups is 1. The number of likely N-dealkylation sites (tertiary alicyclic amines) is 1. The predicted octanol–water partition coefficient (Wildman–Crippen LogP) is 2.57. The lowest BCUT2D eigenvalue weighted by molar-refractivity contribution is -0.142. The fraction of sp³-hybridized carbons (Fsp3) is 0.778. The van der Waals surface area contributed by atoms with Gasteiger partial charge in [0.25, 0.3) is 0 Å². The second-order valence-corrected chi connectivity index (χ2v) is 8.10. The third-order valence-corrected chi connectivity index (χ3v) is 6.10. The predicted molar refractivity (Wildman–Crippen MR) is 87.9 cm³/mol. The van der Waals surface area contributed by atoms with E-state index in [1.165, 1.54) is 12.8 Å². The number of nitriles is 1. The van der Waals surface area contributed by atoms with Crippen molar-refractivity contribution in [2.75, 3.05) is 13.1 Å². The number of amides is 1. The molecule has 128 valence electrons. The average molecular weight is 327 g/mol. The Morgan fingerprint density at radius 1 is 1.38 bits per heavy atom. The van der Waals surface area contributed by atoms with Crippen LogP contribution in [0.2, 0.25) is 0 Å². The normalized spacial score (nSPS) is 28.7. The first-order chi connectivity index (χ1) is 11.5. The topological polar surface area (TPSA) is 85.7 Å². The SMILES string of the molecule is CC(C)c1n[nH]c([C@H]2CN(C(=O)C3(C#N)CCC3)C[C@@H]2C2CC2)n1. The molecule has 6 heteroatoms. The van der Waals surface area contributed by atoms with Crippen LogP contribution < -0.4 is 0 Å². The van der Waals surface area contributed by atoms with Crippen LogP contribution in [0.25, 0.3) is 0 Å². The Morgan fingerprint density at radius 3 is 2.62 bits per heavy atom. The maximum absolute atomic E-state index is 12.9. The molecule has 0 aromatic carbocycles. The van der Waals surface area contributed by atoms with Gasteiger partial charge in [-0.05, 0) is 43.9 Å². The van der Waals surface area contributed by atoms with Gasteiger partial charge >= 0.3 is 0 Å². The highest BCUT2D eigenvalue weighted by Gasteiger charge is 2.52. The number of aromatic nitrogens is 3. The van der Waals surface area contributed by atoms with Gasteiger partial charge in [-0.2, -0.15) is 10.4 Å². The first-order valence-corrected chi connectivity index (χ1v) is 9.17. The van der Waals surface area contributed by atoms with E-state index in [4.69, 9.17) is 4.98 Å². The number of nitrogens with zero attached hydrogens (tertiary/aromatic N) is 4. The summed E-state index contributed by atoms with van der Waals surface area (Å²) in [7, 11) is 0. The lowest BCUT2D eigenvalue weighted by atomic mass is 9.69. The molecule has 3 aliphatic rings. The summed E-state index contributed by atoms with van der Waals surface area (Å²) in [5, 5.41) is 16.9. The third kappa shape index (κ3) is 2.42. The molecular formula is C18H25N5O. The van der Waals surface area contributed by atoms with E-state index >= 15 is 0 Å². The molecule has 6 nitrogen and oxygen atoms in total. The summed E-state index contributed by atoms with van der Waals surface area (Å²) < 4.78 is 0. The first-order valence-electron chi connectivity index (χ1n) is 9.17. The Labute approximate surface area is 142 Å². The van der Waals surface area contributed by atoms with E-state index in [1.807, 2.05) is 4.90 Å². The van der Waals surface area contributed by atoms with Gasteiger partial charge in [-0.15, -0.1) is 0 Å². The number of rotatable bonds is 4. The molecule has 1 amide bonds. The van der Waals surface area contributed by atoms with Crippen molar-refractivity contribution < 1.29 is 4.79 Å².